The van der Waals surface area contributed by atoms with Crippen molar-refractivity contribution in [3.63, 3.8) is 0 Å². The summed E-state index contributed by atoms with van der Waals surface area (Å²) in [5.41, 5.74) is 5.63. The molecule has 19 heavy (non-hydrogen) atoms. The maximum atomic E-state index is 13.2. The highest BCUT2D eigenvalue weighted by molar-refractivity contribution is 6.30. The SMILES string of the molecule is NC(CO)CCN1CC(Oc2ccc(Cl)c(F)c2)C1. The smallest absolute Gasteiger partial charge is 0.145 e. The van der Waals surface area contributed by atoms with Crippen molar-refractivity contribution in [2.75, 3.05) is 26.2 Å². The van der Waals surface area contributed by atoms with Crippen LogP contribution in [0, 0.1) is 5.82 Å². The highest BCUT2D eigenvalue weighted by Crippen LogP contribution is 2.23. The quantitative estimate of drug-likeness (QED) is 0.827. The van der Waals surface area contributed by atoms with Gasteiger partial charge >= 0.3 is 0 Å². The molecular formula is C13H18ClFN2O2. The van der Waals surface area contributed by atoms with E-state index in [2.05, 4.69) is 4.90 Å². The molecule has 0 saturated carbocycles. The third kappa shape index (κ3) is 4.04. The van der Waals surface area contributed by atoms with Gasteiger partial charge in [-0.1, -0.05) is 11.6 Å². The normalized spacial score (nSPS) is 18.1. The Morgan fingerprint density at radius 2 is 2.26 bits per heavy atom. The molecule has 0 amide bonds. The lowest BCUT2D eigenvalue weighted by atomic mass is 10.1. The summed E-state index contributed by atoms with van der Waals surface area (Å²) in [6.45, 7) is 2.44. The zero-order valence-corrected chi connectivity index (χ0v) is 11.3. The summed E-state index contributed by atoms with van der Waals surface area (Å²) in [6.07, 6.45) is 0.838. The molecule has 6 heteroatoms. The molecule has 1 fully saturated rings. The molecule has 0 spiro atoms. The van der Waals surface area contributed by atoms with Gasteiger partial charge in [-0.05, 0) is 18.6 Å². The molecule has 1 saturated heterocycles. The summed E-state index contributed by atoms with van der Waals surface area (Å²) in [5.74, 6) is 0.0304. The van der Waals surface area contributed by atoms with E-state index in [0.717, 1.165) is 26.1 Å². The molecule has 0 bridgehead atoms. The van der Waals surface area contributed by atoms with Crippen LogP contribution in [0.1, 0.15) is 6.42 Å². The molecule has 0 aromatic heterocycles. The van der Waals surface area contributed by atoms with Crippen LogP contribution >= 0.6 is 11.6 Å². The van der Waals surface area contributed by atoms with Crippen LogP contribution in [-0.4, -0.2) is 48.4 Å². The number of hydrogen-bond acceptors (Lipinski definition) is 4. The molecule has 1 aliphatic heterocycles. The molecule has 1 unspecified atom stereocenters. The van der Waals surface area contributed by atoms with Crippen LogP contribution < -0.4 is 10.5 Å². The highest BCUT2D eigenvalue weighted by Gasteiger charge is 2.28. The summed E-state index contributed by atoms with van der Waals surface area (Å²) < 4.78 is 18.8. The van der Waals surface area contributed by atoms with Gasteiger partial charge in [0.2, 0.25) is 0 Å². The van der Waals surface area contributed by atoms with Crippen molar-refractivity contribution in [3.05, 3.63) is 29.0 Å². The lowest BCUT2D eigenvalue weighted by Gasteiger charge is -2.39. The zero-order chi connectivity index (χ0) is 13.8. The lowest BCUT2D eigenvalue weighted by molar-refractivity contribution is 0.0173. The predicted molar refractivity (Wildman–Crippen MR) is 71.9 cm³/mol. The fraction of sp³-hybridized carbons (Fsp3) is 0.538. The molecular weight excluding hydrogens is 271 g/mol. The highest BCUT2D eigenvalue weighted by atomic mass is 35.5. The second-order valence-electron chi connectivity index (χ2n) is 4.81. The Labute approximate surface area is 116 Å². The molecule has 4 nitrogen and oxygen atoms in total. The van der Waals surface area contributed by atoms with E-state index in [1.165, 1.54) is 12.1 Å². The van der Waals surface area contributed by atoms with E-state index >= 15 is 0 Å². The van der Waals surface area contributed by atoms with Gasteiger partial charge in [-0.3, -0.25) is 4.90 Å². The van der Waals surface area contributed by atoms with Gasteiger partial charge in [0.25, 0.3) is 0 Å². The number of nitrogens with zero attached hydrogens (tertiary/aromatic N) is 1. The molecule has 1 aliphatic rings. The Balaban J connectivity index is 1.71. The summed E-state index contributed by atoms with van der Waals surface area (Å²) in [6, 6.07) is 4.29. The Bertz CT molecular complexity index is 427. The van der Waals surface area contributed by atoms with Crippen molar-refractivity contribution in [2.45, 2.75) is 18.6 Å². The molecule has 106 valence electrons. The van der Waals surface area contributed by atoms with Crippen molar-refractivity contribution in [1.82, 2.24) is 4.90 Å². The third-order valence-corrected chi connectivity index (χ3v) is 3.47. The maximum absolute atomic E-state index is 13.2. The Morgan fingerprint density at radius 3 is 2.89 bits per heavy atom. The Morgan fingerprint density at radius 1 is 1.53 bits per heavy atom. The van der Waals surface area contributed by atoms with Crippen LogP contribution in [0.3, 0.4) is 0 Å². The number of hydrogen-bond donors (Lipinski definition) is 2. The van der Waals surface area contributed by atoms with Gasteiger partial charge in [0.05, 0.1) is 11.6 Å². The summed E-state index contributed by atoms with van der Waals surface area (Å²) >= 11 is 5.60. The van der Waals surface area contributed by atoms with Gasteiger partial charge < -0.3 is 15.6 Å². The average Bonchev–Trinajstić information content (AvgIpc) is 2.35. The minimum absolute atomic E-state index is 0.0117. The van der Waals surface area contributed by atoms with Crippen molar-refractivity contribution < 1.29 is 14.2 Å². The number of aliphatic hydroxyl groups excluding tert-OH is 1. The standard InChI is InChI=1S/C13H18ClFN2O2/c14-12-2-1-10(5-13(12)15)19-11-6-17(7-11)4-3-9(16)8-18/h1-2,5,9,11,18H,3-4,6-8,16H2. The zero-order valence-electron chi connectivity index (χ0n) is 10.6. The number of halogens is 2. The molecule has 1 heterocycles. The fourth-order valence-electron chi connectivity index (χ4n) is 1.96. The van der Waals surface area contributed by atoms with Crippen LogP contribution in [0.15, 0.2) is 18.2 Å². The van der Waals surface area contributed by atoms with Crippen LogP contribution in [-0.2, 0) is 0 Å². The number of ether oxygens (including phenoxy) is 1. The average molecular weight is 289 g/mol. The van der Waals surface area contributed by atoms with Crippen LogP contribution in [0.2, 0.25) is 5.02 Å². The topological polar surface area (TPSA) is 58.7 Å². The molecule has 3 N–H and O–H groups in total. The van der Waals surface area contributed by atoms with Gasteiger partial charge in [-0.15, -0.1) is 0 Å². The molecule has 0 aliphatic carbocycles. The van der Waals surface area contributed by atoms with E-state index in [-0.39, 0.29) is 23.8 Å². The molecule has 1 atom stereocenters. The van der Waals surface area contributed by atoms with Gasteiger partial charge in [0.15, 0.2) is 0 Å². The number of rotatable bonds is 6. The van der Waals surface area contributed by atoms with Crippen LogP contribution in [0.4, 0.5) is 4.39 Å². The summed E-state index contributed by atoms with van der Waals surface area (Å²) in [5, 5.41) is 8.92. The van der Waals surface area contributed by atoms with Crippen molar-refractivity contribution in [2.24, 2.45) is 5.73 Å². The predicted octanol–water partition coefficient (Wildman–Crippen LogP) is 1.25. The van der Waals surface area contributed by atoms with Gasteiger partial charge in [0, 0.05) is 31.7 Å². The van der Waals surface area contributed by atoms with Gasteiger partial charge in [0.1, 0.15) is 17.7 Å². The van der Waals surface area contributed by atoms with Gasteiger partial charge in [-0.2, -0.15) is 0 Å². The second kappa shape index (κ2) is 6.52. The summed E-state index contributed by atoms with van der Waals surface area (Å²) in [7, 11) is 0. The van der Waals surface area contributed by atoms with Crippen molar-refractivity contribution >= 4 is 11.6 Å². The van der Waals surface area contributed by atoms with E-state index in [1.54, 1.807) is 6.07 Å². The van der Waals surface area contributed by atoms with E-state index in [0.29, 0.717) is 5.75 Å². The Kier molecular flexibility index (Phi) is 4.99. The monoisotopic (exact) mass is 288 g/mol. The molecule has 1 aromatic rings. The first kappa shape index (κ1) is 14.5. The first-order valence-corrected chi connectivity index (χ1v) is 6.67. The van der Waals surface area contributed by atoms with Crippen molar-refractivity contribution in [3.8, 4) is 5.75 Å². The largest absolute Gasteiger partial charge is 0.488 e. The minimum Gasteiger partial charge on any atom is -0.488 e. The number of nitrogens with two attached hydrogens (primary N) is 1. The second-order valence-corrected chi connectivity index (χ2v) is 5.21. The van der Waals surface area contributed by atoms with Crippen LogP contribution in [0.25, 0.3) is 0 Å². The summed E-state index contributed by atoms with van der Waals surface area (Å²) in [4.78, 5) is 2.19. The third-order valence-electron chi connectivity index (χ3n) is 3.17. The molecule has 2 rings (SSSR count). The minimum atomic E-state index is -0.468. The van der Waals surface area contributed by atoms with E-state index in [4.69, 9.17) is 27.2 Å². The first-order valence-electron chi connectivity index (χ1n) is 6.29. The van der Waals surface area contributed by atoms with E-state index in [1.807, 2.05) is 0 Å². The Hall–Kier alpha value is -0.880. The number of likely N-dealkylation sites (tertiary alicyclic amines) is 1. The van der Waals surface area contributed by atoms with Gasteiger partial charge in [-0.25, -0.2) is 4.39 Å². The first-order chi connectivity index (χ1) is 9.08. The van der Waals surface area contributed by atoms with E-state index < -0.39 is 5.82 Å². The maximum Gasteiger partial charge on any atom is 0.145 e. The molecule has 0 radical (unpaired) electrons. The van der Waals surface area contributed by atoms with Crippen LogP contribution in [0.5, 0.6) is 5.75 Å². The fourth-order valence-corrected chi connectivity index (χ4v) is 2.08. The number of aliphatic hydroxyl groups is 1. The number of benzene rings is 1. The van der Waals surface area contributed by atoms with Crippen molar-refractivity contribution in [1.29, 1.82) is 0 Å². The van der Waals surface area contributed by atoms with E-state index in [9.17, 15) is 4.39 Å². The lowest BCUT2D eigenvalue weighted by Crippen LogP contribution is -2.54. The molecule has 1 aromatic carbocycles.